The monoisotopic (exact) mass is 281 g/mol. The maximum atomic E-state index is 4.65. The molecule has 2 saturated heterocycles. The summed E-state index contributed by atoms with van der Waals surface area (Å²) in [6.07, 6.45) is 2.70. The van der Waals surface area contributed by atoms with E-state index in [-0.39, 0.29) is 0 Å². The molecular formula is C18H23N3. The largest absolute Gasteiger partial charge is 0.316 e. The second-order valence-electron chi connectivity index (χ2n) is 6.83. The van der Waals surface area contributed by atoms with Crippen molar-refractivity contribution < 1.29 is 0 Å². The molecule has 2 fully saturated rings. The lowest BCUT2D eigenvalue weighted by molar-refractivity contribution is 0.269. The van der Waals surface area contributed by atoms with Gasteiger partial charge in [-0.1, -0.05) is 18.2 Å². The Labute approximate surface area is 126 Å². The van der Waals surface area contributed by atoms with Gasteiger partial charge in [-0.25, -0.2) is 0 Å². The van der Waals surface area contributed by atoms with Crippen LogP contribution in [-0.2, 0) is 6.54 Å². The van der Waals surface area contributed by atoms with Gasteiger partial charge in [0.2, 0.25) is 0 Å². The Kier molecular flexibility index (Phi) is 3.20. The summed E-state index contributed by atoms with van der Waals surface area (Å²) < 4.78 is 0. The van der Waals surface area contributed by atoms with E-state index in [1.165, 1.54) is 50.0 Å². The molecule has 3 nitrogen and oxygen atoms in total. The van der Waals surface area contributed by atoms with Gasteiger partial charge < -0.3 is 5.32 Å². The lowest BCUT2D eigenvalue weighted by atomic mass is 9.86. The number of benzene rings is 1. The van der Waals surface area contributed by atoms with Gasteiger partial charge in [0.05, 0.1) is 5.52 Å². The standard InChI is InChI=1S/C18H23N3/c1-14-10-15(16-4-2-3-5-17(16)20-14)11-21-9-7-18(13-21)6-8-19-12-18/h2-5,10,19H,6-9,11-13H2,1H3. The van der Waals surface area contributed by atoms with E-state index >= 15 is 0 Å². The Balaban J connectivity index is 1.60. The average Bonchev–Trinajstić information content (AvgIpc) is 3.09. The molecule has 110 valence electrons. The van der Waals surface area contributed by atoms with Crippen molar-refractivity contribution in [2.24, 2.45) is 5.41 Å². The second kappa shape index (κ2) is 5.08. The molecule has 1 atom stereocenters. The smallest absolute Gasteiger partial charge is 0.0708 e. The molecular weight excluding hydrogens is 258 g/mol. The van der Waals surface area contributed by atoms with Crippen molar-refractivity contribution in [3.05, 3.63) is 41.6 Å². The molecule has 4 rings (SSSR count). The summed E-state index contributed by atoms with van der Waals surface area (Å²) >= 11 is 0. The predicted molar refractivity (Wildman–Crippen MR) is 86.3 cm³/mol. The molecule has 3 heterocycles. The number of likely N-dealkylation sites (tertiary alicyclic amines) is 1. The first-order valence-electron chi connectivity index (χ1n) is 8.03. The first-order valence-corrected chi connectivity index (χ1v) is 8.03. The van der Waals surface area contributed by atoms with Crippen LogP contribution < -0.4 is 5.32 Å². The van der Waals surface area contributed by atoms with Crippen LogP contribution in [0.2, 0.25) is 0 Å². The van der Waals surface area contributed by atoms with Crippen LogP contribution in [0.3, 0.4) is 0 Å². The summed E-state index contributed by atoms with van der Waals surface area (Å²) in [6, 6.07) is 10.8. The van der Waals surface area contributed by atoms with Crippen molar-refractivity contribution in [1.29, 1.82) is 0 Å². The minimum absolute atomic E-state index is 0.553. The highest BCUT2D eigenvalue weighted by Gasteiger charge is 2.40. The Morgan fingerprint density at radius 2 is 2.19 bits per heavy atom. The normalized spacial score (nSPS) is 26.1. The van der Waals surface area contributed by atoms with Crippen LogP contribution in [0.1, 0.15) is 24.1 Å². The topological polar surface area (TPSA) is 28.2 Å². The number of hydrogen-bond acceptors (Lipinski definition) is 3. The SMILES string of the molecule is Cc1cc(CN2CCC3(CCNC3)C2)c2ccccc2n1. The first kappa shape index (κ1) is 13.2. The maximum Gasteiger partial charge on any atom is 0.0708 e. The van der Waals surface area contributed by atoms with E-state index in [2.05, 4.69) is 52.5 Å². The van der Waals surface area contributed by atoms with Gasteiger partial charge in [-0.2, -0.15) is 0 Å². The van der Waals surface area contributed by atoms with Crippen LogP contribution in [0.25, 0.3) is 10.9 Å². The van der Waals surface area contributed by atoms with Crippen LogP contribution in [-0.4, -0.2) is 36.1 Å². The summed E-state index contributed by atoms with van der Waals surface area (Å²) in [5, 5.41) is 4.86. The zero-order valence-electron chi connectivity index (χ0n) is 12.7. The minimum Gasteiger partial charge on any atom is -0.316 e. The van der Waals surface area contributed by atoms with Crippen LogP contribution >= 0.6 is 0 Å². The number of aromatic nitrogens is 1. The van der Waals surface area contributed by atoms with E-state index < -0.39 is 0 Å². The number of aryl methyl sites for hydroxylation is 1. The summed E-state index contributed by atoms with van der Waals surface area (Å²) in [7, 11) is 0. The Hall–Kier alpha value is -1.45. The molecule has 21 heavy (non-hydrogen) atoms. The number of rotatable bonds is 2. The van der Waals surface area contributed by atoms with E-state index in [0.717, 1.165) is 17.8 Å². The molecule has 0 radical (unpaired) electrons. The van der Waals surface area contributed by atoms with Crippen molar-refractivity contribution >= 4 is 10.9 Å². The third kappa shape index (κ3) is 2.45. The molecule has 0 saturated carbocycles. The van der Waals surface area contributed by atoms with Crippen LogP contribution in [0.5, 0.6) is 0 Å². The van der Waals surface area contributed by atoms with Crippen LogP contribution in [0.15, 0.2) is 30.3 Å². The molecule has 1 spiro atoms. The van der Waals surface area contributed by atoms with Gasteiger partial charge in [-0.3, -0.25) is 9.88 Å². The first-order chi connectivity index (χ1) is 10.2. The number of nitrogens with one attached hydrogen (secondary N) is 1. The Morgan fingerprint density at radius 3 is 3.05 bits per heavy atom. The quantitative estimate of drug-likeness (QED) is 0.917. The van der Waals surface area contributed by atoms with Crippen molar-refractivity contribution in [3.63, 3.8) is 0 Å². The van der Waals surface area contributed by atoms with E-state index in [9.17, 15) is 0 Å². The van der Waals surface area contributed by atoms with E-state index in [4.69, 9.17) is 0 Å². The second-order valence-corrected chi connectivity index (χ2v) is 6.83. The highest BCUT2D eigenvalue weighted by atomic mass is 15.2. The number of pyridine rings is 1. The highest BCUT2D eigenvalue weighted by Crippen LogP contribution is 2.37. The van der Waals surface area contributed by atoms with Gasteiger partial charge in [0, 0.05) is 30.7 Å². The fraction of sp³-hybridized carbons (Fsp3) is 0.500. The van der Waals surface area contributed by atoms with Gasteiger partial charge in [0.25, 0.3) is 0 Å². The van der Waals surface area contributed by atoms with Crippen molar-refractivity contribution in [3.8, 4) is 0 Å². The van der Waals surface area contributed by atoms with Crippen molar-refractivity contribution in [2.45, 2.75) is 26.3 Å². The molecule has 1 unspecified atom stereocenters. The zero-order chi connectivity index (χ0) is 14.3. The molecule has 1 N–H and O–H groups in total. The van der Waals surface area contributed by atoms with Gasteiger partial charge in [-0.15, -0.1) is 0 Å². The molecule has 0 amide bonds. The lowest BCUT2D eigenvalue weighted by Gasteiger charge is -2.23. The average molecular weight is 281 g/mol. The van der Waals surface area contributed by atoms with Gasteiger partial charge in [0.15, 0.2) is 0 Å². The molecule has 2 aliphatic rings. The summed E-state index contributed by atoms with van der Waals surface area (Å²) in [5.74, 6) is 0. The minimum atomic E-state index is 0.553. The van der Waals surface area contributed by atoms with Crippen LogP contribution in [0.4, 0.5) is 0 Å². The van der Waals surface area contributed by atoms with Gasteiger partial charge >= 0.3 is 0 Å². The summed E-state index contributed by atoms with van der Waals surface area (Å²) in [4.78, 5) is 7.29. The number of nitrogens with zero attached hydrogens (tertiary/aromatic N) is 2. The van der Waals surface area contributed by atoms with Crippen molar-refractivity contribution in [2.75, 3.05) is 26.2 Å². The summed E-state index contributed by atoms with van der Waals surface area (Å²) in [5.41, 5.74) is 4.24. The molecule has 1 aromatic heterocycles. The van der Waals surface area contributed by atoms with E-state index in [1.54, 1.807) is 0 Å². The van der Waals surface area contributed by atoms with Crippen LogP contribution in [0, 0.1) is 12.3 Å². The third-order valence-corrected chi connectivity index (χ3v) is 5.17. The summed E-state index contributed by atoms with van der Waals surface area (Å²) in [6.45, 7) is 8.05. The lowest BCUT2D eigenvalue weighted by Crippen LogP contribution is -2.29. The van der Waals surface area contributed by atoms with Gasteiger partial charge in [-0.05, 0) is 56.0 Å². The molecule has 0 aliphatic carbocycles. The Bertz CT molecular complexity index is 659. The number of para-hydroxylation sites is 1. The van der Waals surface area contributed by atoms with E-state index in [1.807, 2.05) is 0 Å². The number of hydrogen-bond donors (Lipinski definition) is 1. The molecule has 1 aromatic carbocycles. The van der Waals surface area contributed by atoms with E-state index in [0.29, 0.717) is 5.41 Å². The predicted octanol–water partition coefficient (Wildman–Crippen LogP) is 2.73. The molecule has 0 bridgehead atoms. The molecule has 3 heteroatoms. The fourth-order valence-electron chi connectivity index (χ4n) is 4.07. The van der Waals surface area contributed by atoms with Crippen molar-refractivity contribution in [1.82, 2.24) is 15.2 Å². The maximum absolute atomic E-state index is 4.65. The zero-order valence-corrected chi connectivity index (χ0v) is 12.7. The molecule has 2 aliphatic heterocycles. The van der Waals surface area contributed by atoms with Gasteiger partial charge in [0.1, 0.15) is 0 Å². The Morgan fingerprint density at radius 1 is 1.29 bits per heavy atom. The fourth-order valence-corrected chi connectivity index (χ4v) is 4.07. The molecule has 2 aromatic rings. The number of fused-ring (bicyclic) bond motifs is 1. The highest BCUT2D eigenvalue weighted by molar-refractivity contribution is 5.82. The third-order valence-electron chi connectivity index (χ3n) is 5.17.